The fraction of sp³-hybridized carbons (Fsp3) is 0.353. The minimum atomic E-state index is 0.550. The molecule has 0 saturated carbocycles. The summed E-state index contributed by atoms with van der Waals surface area (Å²) in [4.78, 5) is 4.25. The number of nitrogens with one attached hydrogen (secondary N) is 2. The van der Waals surface area contributed by atoms with E-state index < -0.39 is 0 Å². The number of guanidine groups is 1. The Labute approximate surface area is 131 Å². The predicted octanol–water partition coefficient (Wildman–Crippen LogP) is 3.61. The summed E-state index contributed by atoms with van der Waals surface area (Å²) >= 11 is 1.72. The van der Waals surface area contributed by atoms with Crippen LogP contribution in [0.2, 0.25) is 0 Å². The van der Waals surface area contributed by atoms with Crippen LogP contribution in [0.25, 0.3) is 0 Å². The van der Waals surface area contributed by atoms with Gasteiger partial charge in [-0.3, -0.25) is 4.99 Å². The Morgan fingerprint density at radius 3 is 2.67 bits per heavy atom. The standard InChI is InChI=1S/C17H23N3S/c1-14(16-6-4-3-5-7-16)8-10-19-17(18-2)20-12-15-9-11-21-13-15/h3-7,9,11,13-14H,8,10,12H2,1-2H3,(H2,18,19,20). The molecule has 21 heavy (non-hydrogen) atoms. The van der Waals surface area contributed by atoms with Crippen LogP contribution in [-0.2, 0) is 6.54 Å². The third kappa shape index (κ3) is 5.23. The van der Waals surface area contributed by atoms with E-state index in [4.69, 9.17) is 0 Å². The summed E-state index contributed by atoms with van der Waals surface area (Å²) in [6, 6.07) is 12.8. The Kier molecular flexibility index (Phi) is 6.28. The molecule has 1 unspecified atom stereocenters. The molecule has 1 aromatic carbocycles. The molecule has 0 radical (unpaired) electrons. The number of hydrogen-bond acceptors (Lipinski definition) is 2. The van der Waals surface area contributed by atoms with E-state index in [-0.39, 0.29) is 0 Å². The maximum absolute atomic E-state index is 4.25. The predicted molar refractivity (Wildman–Crippen MR) is 92.0 cm³/mol. The first-order valence-electron chi connectivity index (χ1n) is 7.30. The first-order chi connectivity index (χ1) is 10.3. The van der Waals surface area contributed by atoms with Gasteiger partial charge in [0.15, 0.2) is 5.96 Å². The van der Waals surface area contributed by atoms with E-state index in [1.807, 2.05) is 7.05 Å². The van der Waals surface area contributed by atoms with Crippen molar-refractivity contribution in [2.75, 3.05) is 13.6 Å². The van der Waals surface area contributed by atoms with Gasteiger partial charge in [-0.2, -0.15) is 11.3 Å². The molecular weight excluding hydrogens is 278 g/mol. The molecule has 1 atom stereocenters. The summed E-state index contributed by atoms with van der Waals surface area (Å²) in [6.45, 7) is 4.00. The lowest BCUT2D eigenvalue weighted by Gasteiger charge is -2.15. The molecule has 0 spiro atoms. The Bertz CT molecular complexity index is 534. The van der Waals surface area contributed by atoms with Gasteiger partial charge in [0.05, 0.1) is 0 Å². The van der Waals surface area contributed by atoms with Gasteiger partial charge in [-0.25, -0.2) is 0 Å². The highest BCUT2D eigenvalue weighted by molar-refractivity contribution is 7.07. The van der Waals surface area contributed by atoms with E-state index in [2.05, 4.69) is 69.7 Å². The molecule has 0 bridgehead atoms. The van der Waals surface area contributed by atoms with Crippen molar-refractivity contribution in [1.82, 2.24) is 10.6 Å². The highest BCUT2D eigenvalue weighted by Gasteiger charge is 2.05. The van der Waals surface area contributed by atoms with Gasteiger partial charge in [-0.1, -0.05) is 37.3 Å². The number of rotatable bonds is 6. The fourth-order valence-corrected chi connectivity index (χ4v) is 2.82. The normalized spacial score (nSPS) is 13.0. The topological polar surface area (TPSA) is 36.4 Å². The zero-order chi connectivity index (χ0) is 14.9. The largest absolute Gasteiger partial charge is 0.356 e. The minimum Gasteiger partial charge on any atom is -0.356 e. The molecule has 2 rings (SSSR count). The molecule has 0 amide bonds. The second-order valence-corrected chi connectivity index (χ2v) is 5.86. The molecule has 2 N–H and O–H groups in total. The van der Waals surface area contributed by atoms with Crippen LogP contribution in [0.3, 0.4) is 0 Å². The molecule has 0 saturated heterocycles. The highest BCUT2D eigenvalue weighted by atomic mass is 32.1. The van der Waals surface area contributed by atoms with Crippen molar-refractivity contribution in [3.05, 3.63) is 58.3 Å². The molecule has 0 aliphatic heterocycles. The van der Waals surface area contributed by atoms with Crippen molar-refractivity contribution in [3.8, 4) is 0 Å². The first kappa shape index (κ1) is 15.6. The Morgan fingerprint density at radius 1 is 1.19 bits per heavy atom. The lowest BCUT2D eigenvalue weighted by atomic mass is 9.98. The van der Waals surface area contributed by atoms with Crippen LogP contribution in [0.4, 0.5) is 0 Å². The van der Waals surface area contributed by atoms with Crippen molar-refractivity contribution in [2.24, 2.45) is 4.99 Å². The van der Waals surface area contributed by atoms with Gasteiger partial charge < -0.3 is 10.6 Å². The average molecular weight is 301 g/mol. The fourth-order valence-electron chi connectivity index (χ4n) is 2.15. The summed E-state index contributed by atoms with van der Waals surface area (Å²) in [5.74, 6) is 1.41. The van der Waals surface area contributed by atoms with Crippen molar-refractivity contribution in [1.29, 1.82) is 0 Å². The van der Waals surface area contributed by atoms with Gasteiger partial charge >= 0.3 is 0 Å². The second-order valence-electron chi connectivity index (χ2n) is 5.08. The van der Waals surface area contributed by atoms with Crippen LogP contribution < -0.4 is 10.6 Å². The summed E-state index contributed by atoms with van der Waals surface area (Å²) in [5.41, 5.74) is 2.68. The lowest BCUT2D eigenvalue weighted by molar-refractivity contribution is 0.652. The monoisotopic (exact) mass is 301 g/mol. The summed E-state index contributed by atoms with van der Waals surface area (Å²) in [5, 5.41) is 10.9. The van der Waals surface area contributed by atoms with E-state index in [1.54, 1.807) is 11.3 Å². The van der Waals surface area contributed by atoms with Crippen LogP contribution in [0.5, 0.6) is 0 Å². The van der Waals surface area contributed by atoms with Gasteiger partial charge in [0.1, 0.15) is 0 Å². The molecule has 3 nitrogen and oxygen atoms in total. The average Bonchev–Trinajstić information content (AvgIpc) is 3.04. The summed E-state index contributed by atoms with van der Waals surface area (Å²) in [6.07, 6.45) is 1.09. The Hall–Kier alpha value is -1.81. The number of nitrogens with zero attached hydrogens (tertiary/aromatic N) is 1. The number of hydrogen-bond donors (Lipinski definition) is 2. The molecule has 0 fully saturated rings. The van der Waals surface area contributed by atoms with E-state index in [1.165, 1.54) is 11.1 Å². The summed E-state index contributed by atoms with van der Waals surface area (Å²) in [7, 11) is 1.81. The maximum atomic E-state index is 4.25. The van der Waals surface area contributed by atoms with Crippen LogP contribution >= 0.6 is 11.3 Å². The van der Waals surface area contributed by atoms with Gasteiger partial charge in [0, 0.05) is 20.1 Å². The van der Waals surface area contributed by atoms with Crippen LogP contribution in [-0.4, -0.2) is 19.6 Å². The van der Waals surface area contributed by atoms with E-state index in [0.29, 0.717) is 5.92 Å². The lowest BCUT2D eigenvalue weighted by Crippen LogP contribution is -2.37. The number of aliphatic imine (C=N–C) groups is 1. The first-order valence-corrected chi connectivity index (χ1v) is 8.24. The van der Waals surface area contributed by atoms with Crippen LogP contribution in [0.15, 0.2) is 52.2 Å². The molecule has 1 aromatic heterocycles. The molecule has 112 valence electrons. The smallest absolute Gasteiger partial charge is 0.191 e. The third-order valence-corrected chi connectivity index (χ3v) is 4.23. The van der Waals surface area contributed by atoms with E-state index >= 15 is 0 Å². The second kappa shape index (κ2) is 8.47. The molecule has 1 heterocycles. The zero-order valence-electron chi connectivity index (χ0n) is 12.7. The maximum Gasteiger partial charge on any atom is 0.191 e. The van der Waals surface area contributed by atoms with Crippen LogP contribution in [0, 0.1) is 0 Å². The minimum absolute atomic E-state index is 0.550. The third-order valence-electron chi connectivity index (χ3n) is 3.50. The van der Waals surface area contributed by atoms with Gasteiger partial charge in [0.2, 0.25) is 0 Å². The highest BCUT2D eigenvalue weighted by Crippen LogP contribution is 2.17. The molecule has 0 aliphatic carbocycles. The van der Waals surface area contributed by atoms with Gasteiger partial charge in [0.25, 0.3) is 0 Å². The van der Waals surface area contributed by atoms with E-state index in [9.17, 15) is 0 Å². The number of benzene rings is 1. The Balaban J connectivity index is 1.71. The molecule has 4 heteroatoms. The molecule has 2 aromatic rings. The van der Waals surface area contributed by atoms with Crippen molar-refractivity contribution < 1.29 is 0 Å². The summed E-state index contributed by atoms with van der Waals surface area (Å²) < 4.78 is 0. The zero-order valence-corrected chi connectivity index (χ0v) is 13.5. The van der Waals surface area contributed by atoms with Crippen molar-refractivity contribution >= 4 is 17.3 Å². The van der Waals surface area contributed by atoms with Gasteiger partial charge in [-0.05, 0) is 40.3 Å². The quantitative estimate of drug-likeness (QED) is 0.632. The molecule has 0 aliphatic rings. The van der Waals surface area contributed by atoms with Gasteiger partial charge in [-0.15, -0.1) is 0 Å². The van der Waals surface area contributed by atoms with Crippen molar-refractivity contribution in [2.45, 2.75) is 25.8 Å². The van der Waals surface area contributed by atoms with Crippen LogP contribution in [0.1, 0.15) is 30.4 Å². The Morgan fingerprint density at radius 2 is 2.00 bits per heavy atom. The van der Waals surface area contributed by atoms with E-state index in [0.717, 1.165) is 25.5 Å². The number of thiophene rings is 1. The van der Waals surface area contributed by atoms with Crippen molar-refractivity contribution in [3.63, 3.8) is 0 Å². The SMILES string of the molecule is CN=C(NCCC(C)c1ccccc1)NCc1ccsc1. The molecular formula is C17H23N3S.